The Kier molecular flexibility index (Phi) is 4.76. The number of amides is 1. The number of nitrogens with one attached hydrogen (secondary N) is 2. The average Bonchev–Trinajstić information content (AvgIpc) is 2.47. The fraction of sp³-hybridized carbons (Fsp3) is 0.500. The van der Waals surface area contributed by atoms with Gasteiger partial charge in [-0.15, -0.1) is 0 Å². The molecular formula is C14H21N3O2. The van der Waals surface area contributed by atoms with E-state index < -0.39 is 0 Å². The van der Waals surface area contributed by atoms with Crippen LogP contribution in [0, 0.1) is 0 Å². The number of carbonyl (C=O) groups excluding carboxylic acids is 1. The average molecular weight is 263 g/mol. The molecule has 0 saturated carbocycles. The SMILES string of the molecule is CNCc1ccccc1N1CCOCC1C(=O)NC. The van der Waals surface area contributed by atoms with Gasteiger partial charge in [0.05, 0.1) is 13.2 Å². The maximum Gasteiger partial charge on any atom is 0.244 e. The molecule has 0 radical (unpaired) electrons. The Hall–Kier alpha value is -1.59. The molecule has 1 saturated heterocycles. The van der Waals surface area contributed by atoms with Crippen molar-refractivity contribution in [2.45, 2.75) is 12.6 Å². The van der Waals surface area contributed by atoms with Gasteiger partial charge >= 0.3 is 0 Å². The molecule has 0 spiro atoms. The molecule has 5 heteroatoms. The first-order chi connectivity index (χ1) is 9.27. The van der Waals surface area contributed by atoms with Crippen LogP contribution in [0.3, 0.4) is 0 Å². The quantitative estimate of drug-likeness (QED) is 0.823. The summed E-state index contributed by atoms with van der Waals surface area (Å²) in [7, 11) is 3.58. The van der Waals surface area contributed by atoms with E-state index in [1.165, 1.54) is 5.56 Å². The third-order valence-corrected chi connectivity index (χ3v) is 3.35. The van der Waals surface area contributed by atoms with Crippen molar-refractivity contribution in [2.75, 3.05) is 38.8 Å². The van der Waals surface area contributed by atoms with Crippen molar-refractivity contribution in [1.82, 2.24) is 10.6 Å². The third kappa shape index (κ3) is 3.05. The number of hydrogen-bond donors (Lipinski definition) is 2. The van der Waals surface area contributed by atoms with E-state index in [9.17, 15) is 4.79 Å². The lowest BCUT2D eigenvalue weighted by Crippen LogP contribution is -2.53. The molecule has 104 valence electrons. The lowest BCUT2D eigenvalue weighted by molar-refractivity contribution is -0.124. The molecule has 1 amide bonds. The summed E-state index contributed by atoms with van der Waals surface area (Å²) in [5, 5.41) is 5.87. The van der Waals surface area contributed by atoms with E-state index in [-0.39, 0.29) is 11.9 Å². The summed E-state index contributed by atoms with van der Waals surface area (Å²) in [6, 6.07) is 7.92. The second-order valence-corrected chi connectivity index (χ2v) is 4.56. The molecule has 0 aliphatic carbocycles. The Bertz CT molecular complexity index is 436. The number of hydrogen-bond acceptors (Lipinski definition) is 4. The Balaban J connectivity index is 2.29. The summed E-state index contributed by atoms with van der Waals surface area (Å²) in [6.07, 6.45) is 0. The van der Waals surface area contributed by atoms with E-state index in [2.05, 4.69) is 27.7 Å². The molecule has 0 bridgehead atoms. The van der Waals surface area contributed by atoms with Crippen LogP contribution in [0.4, 0.5) is 5.69 Å². The van der Waals surface area contributed by atoms with Gasteiger partial charge in [0.1, 0.15) is 6.04 Å². The van der Waals surface area contributed by atoms with Gasteiger partial charge < -0.3 is 20.3 Å². The van der Waals surface area contributed by atoms with Crippen LogP contribution >= 0.6 is 0 Å². The van der Waals surface area contributed by atoms with Gasteiger partial charge in [0.15, 0.2) is 0 Å². The van der Waals surface area contributed by atoms with E-state index in [1.807, 2.05) is 19.2 Å². The van der Waals surface area contributed by atoms with Crippen molar-refractivity contribution >= 4 is 11.6 Å². The van der Waals surface area contributed by atoms with Gasteiger partial charge in [-0.3, -0.25) is 4.79 Å². The van der Waals surface area contributed by atoms with Crippen molar-refractivity contribution in [2.24, 2.45) is 0 Å². The Morgan fingerprint density at radius 2 is 2.21 bits per heavy atom. The van der Waals surface area contributed by atoms with Gasteiger partial charge in [0.25, 0.3) is 0 Å². The van der Waals surface area contributed by atoms with Crippen molar-refractivity contribution in [3.63, 3.8) is 0 Å². The third-order valence-electron chi connectivity index (χ3n) is 3.35. The van der Waals surface area contributed by atoms with Crippen LogP contribution in [-0.2, 0) is 16.1 Å². The minimum atomic E-state index is -0.253. The van der Waals surface area contributed by atoms with E-state index in [0.29, 0.717) is 13.2 Å². The summed E-state index contributed by atoms with van der Waals surface area (Å²) in [5.74, 6) is -0.000962. The van der Waals surface area contributed by atoms with E-state index in [4.69, 9.17) is 4.74 Å². The minimum absolute atomic E-state index is 0.000962. The highest BCUT2D eigenvalue weighted by Gasteiger charge is 2.29. The van der Waals surface area contributed by atoms with Crippen LogP contribution < -0.4 is 15.5 Å². The zero-order valence-corrected chi connectivity index (χ0v) is 11.5. The van der Waals surface area contributed by atoms with Crippen LogP contribution in [0.1, 0.15) is 5.56 Å². The van der Waals surface area contributed by atoms with Crippen LogP contribution in [0.15, 0.2) is 24.3 Å². The molecule has 5 nitrogen and oxygen atoms in total. The predicted molar refractivity (Wildman–Crippen MR) is 75.2 cm³/mol. The monoisotopic (exact) mass is 263 g/mol. The van der Waals surface area contributed by atoms with E-state index >= 15 is 0 Å². The number of anilines is 1. The van der Waals surface area contributed by atoms with Crippen LogP contribution in [-0.4, -0.2) is 45.8 Å². The summed E-state index contributed by atoms with van der Waals surface area (Å²) < 4.78 is 5.44. The molecule has 1 aliphatic heterocycles. The van der Waals surface area contributed by atoms with Gasteiger partial charge in [-0.2, -0.15) is 0 Å². The highest BCUT2D eigenvalue weighted by molar-refractivity contribution is 5.85. The summed E-state index contributed by atoms with van der Waals surface area (Å²) >= 11 is 0. The molecule has 2 rings (SSSR count). The summed E-state index contributed by atoms with van der Waals surface area (Å²) in [6.45, 7) is 2.61. The number of para-hydroxylation sites is 1. The van der Waals surface area contributed by atoms with Crippen LogP contribution in [0.25, 0.3) is 0 Å². The fourth-order valence-corrected chi connectivity index (χ4v) is 2.41. The second kappa shape index (κ2) is 6.54. The van der Waals surface area contributed by atoms with Crippen molar-refractivity contribution in [1.29, 1.82) is 0 Å². The molecule has 1 atom stereocenters. The van der Waals surface area contributed by atoms with Gasteiger partial charge in [-0.05, 0) is 18.7 Å². The smallest absolute Gasteiger partial charge is 0.244 e. The molecule has 1 aromatic carbocycles. The number of rotatable bonds is 4. The lowest BCUT2D eigenvalue weighted by atomic mass is 10.1. The second-order valence-electron chi connectivity index (χ2n) is 4.56. The minimum Gasteiger partial charge on any atom is -0.377 e. The Labute approximate surface area is 113 Å². The largest absolute Gasteiger partial charge is 0.377 e. The molecular weight excluding hydrogens is 242 g/mol. The lowest BCUT2D eigenvalue weighted by Gasteiger charge is -2.37. The fourth-order valence-electron chi connectivity index (χ4n) is 2.41. The number of carbonyl (C=O) groups is 1. The predicted octanol–water partition coefficient (Wildman–Crippen LogP) is 0.357. The number of ether oxygens (including phenoxy) is 1. The zero-order chi connectivity index (χ0) is 13.7. The molecule has 1 heterocycles. The van der Waals surface area contributed by atoms with Crippen molar-refractivity contribution < 1.29 is 9.53 Å². The molecule has 2 N–H and O–H groups in total. The molecule has 0 aromatic heterocycles. The Morgan fingerprint density at radius 1 is 1.42 bits per heavy atom. The van der Waals surface area contributed by atoms with E-state index in [0.717, 1.165) is 18.8 Å². The van der Waals surface area contributed by atoms with Crippen LogP contribution in [0.2, 0.25) is 0 Å². The van der Waals surface area contributed by atoms with Gasteiger partial charge in [0.2, 0.25) is 5.91 Å². The topological polar surface area (TPSA) is 53.6 Å². The first-order valence-electron chi connectivity index (χ1n) is 6.56. The van der Waals surface area contributed by atoms with Crippen LogP contribution in [0.5, 0.6) is 0 Å². The number of morpholine rings is 1. The number of benzene rings is 1. The van der Waals surface area contributed by atoms with Crippen molar-refractivity contribution in [3.05, 3.63) is 29.8 Å². The summed E-state index contributed by atoms with van der Waals surface area (Å²) in [5.41, 5.74) is 2.30. The standard InChI is InChI=1S/C14H21N3O2/c1-15-9-11-5-3-4-6-12(11)17-7-8-19-10-13(17)14(18)16-2/h3-6,13,15H,7-10H2,1-2H3,(H,16,18). The first kappa shape index (κ1) is 13.8. The molecule has 1 unspecified atom stereocenters. The normalized spacial score (nSPS) is 19.3. The van der Waals surface area contributed by atoms with Gasteiger partial charge in [0, 0.05) is 25.8 Å². The first-order valence-corrected chi connectivity index (χ1v) is 6.56. The zero-order valence-electron chi connectivity index (χ0n) is 11.5. The maximum absolute atomic E-state index is 12.0. The van der Waals surface area contributed by atoms with Crippen molar-refractivity contribution in [3.8, 4) is 0 Å². The number of nitrogens with zero attached hydrogens (tertiary/aromatic N) is 1. The maximum atomic E-state index is 12.0. The number of likely N-dealkylation sites (N-methyl/N-ethyl adjacent to an activating group) is 1. The Morgan fingerprint density at radius 3 is 2.95 bits per heavy atom. The molecule has 19 heavy (non-hydrogen) atoms. The van der Waals surface area contributed by atoms with E-state index in [1.54, 1.807) is 7.05 Å². The molecule has 1 aliphatic rings. The van der Waals surface area contributed by atoms with Gasteiger partial charge in [-0.1, -0.05) is 18.2 Å². The molecule has 1 fully saturated rings. The highest BCUT2D eigenvalue weighted by atomic mass is 16.5. The highest BCUT2D eigenvalue weighted by Crippen LogP contribution is 2.24. The van der Waals surface area contributed by atoms with Gasteiger partial charge in [-0.25, -0.2) is 0 Å². The summed E-state index contributed by atoms with van der Waals surface area (Å²) in [4.78, 5) is 14.1. The molecule has 1 aromatic rings.